The van der Waals surface area contributed by atoms with Gasteiger partial charge in [0.2, 0.25) is 0 Å². The zero-order valence-corrected chi connectivity index (χ0v) is 11.9. The molecule has 0 bridgehead atoms. The molecule has 0 rings (SSSR count). The normalized spacial score (nSPS) is 12.4. The van der Waals surface area contributed by atoms with Crippen molar-refractivity contribution in [2.45, 2.75) is 58.6 Å². The molecule has 0 aliphatic rings. The van der Waals surface area contributed by atoms with E-state index in [0.29, 0.717) is 0 Å². The van der Waals surface area contributed by atoms with Crippen LogP contribution in [0.5, 0.6) is 0 Å². The Morgan fingerprint density at radius 1 is 1.26 bits per heavy atom. The van der Waals surface area contributed by atoms with Crippen LogP contribution in [0.4, 0.5) is 13.6 Å². The molecule has 1 N–H and O–H groups in total. The highest BCUT2D eigenvalue weighted by atomic mass is 19.3. The lowest BCUT2D eigenvalue weighted by Crippen LogP contribution is -2.44. The molecule has 0 saturated carbocycles. The summed E-state index contributed by atoms with van der Waals surface area (Å²) in [4.78, 5) is 23.2. The molecule has 0 heterocycles. The maximum atomic E-state index is 13.0. The molecule has 7 heteroatoms. The Morgan fingerprint density at radius 2 is 1.74 bits per heavy atom. The minimum absolute atomic E-state index is 0.362. The second-order valence-electron chi connectivity index (χ2n) is 5.53. The van der Waals surface area contributed by atoms with Crippen LogP contribution >= 0.6 is 0 Å². The minimum atomic E-state index is -3.85. The molecule has 0 spiro atoms. The average molecular weight is 281 g/mol. The van der Waals surface area contributed by atoms with Gasteiger partial charge in [0.1, 0.15) is 5.60 Å². The van der Waals surface area contributed by atoms with E-state index < -0.39 is 30.0 Å². The second kappa shape index (κ2) is 6.16. The molecule has 0 fully saturated rings. The van der Waals surface area contributed by atoms with Gasteiger partial charge in [0.25, 0.3) is 0 Å². The van der Waals surface area contributed by atoms with Crippen LogP contribution in [0.25, 0.3) is 0 Å². The van der Waals surface area contributed by atoms with Gasteiger partial charge in [0.15, 0.2) is 0 Å². The lowest BCUT2D eigenvalue weighted by atomic mass is 10.2. The number of carbonyl (C=O) groups is 2. The van der Waals surface area contributed by atoms with Gasteiger partial charge in [0, 0.05) is 19.0 Å². The summed E-state index contributed by atoms with van der Waals surface area (Å²) in [5, 5.41) is 8.33. The molecule has 0 aromatic heterocycles. The van der Waals surface area contributed by atoms with Crippen LogP contribution in [-0.4, -0.2) is 46.2 Å². The summed E-state index contributed by atoms with van der Waals surface area (Å²) in [6.45, 7) is 7.89. The SMILES string of the molecule is CC(C)N(CCC(F)(F)C(=O)O)C(=O)OC(C)(C)C. The van der Waals surface area contributed by atoms with Gasteiger partial charge in [0.05, 0.1) is 0 Å². The van der Waals surface area contributed by atoms with E-state index in [1.807, 2.05) is 0 Å². The topological polar surface area (TPSA) is 66.8 Å². The summed E-state index contributed by atoms with van der Waals surface area (Å²) < 4.78 is 31.1. The fourth-order valence-corrected chi connectivity index (χ4v) is 1.25. The average Bonchev–Trinajstić information content (AvgIpc) is 2.13. The molecule has 0 aromatic carbocycles. The van der Waals surface area contributed by atoms with Crippen LogP contribution in [-0.2, 0) is 9.53 Å². The lowest BCUT2D eigenvalue weighted by molar-refractivity contribution is -0.166. The smallest absolute Gasteiger partial charge is 0.410 e. The van der Waals surface area contributed by atoms with E-state index in [-0.39, 0.29) is 12.6 Å². The third-order valence-electron chi connectivity index (χ3n) is 2.23. The Morgan fingerprint density at radius 3 is 2.05 bits per heavy atom. The first-order chi connectivity index (χ1) is 8.37. The van der Waals surface area contributed by atoms with Gasteiger partial charge in [-0.15, -0.1) is 0 Å². The molecule has 0 unspecified atom stereocenters. The van der Waals surface area contributed by atoms with Crippen LogP contribution in [0.15, 0.2) is 0 Å². The van der Waals surface area contributed by atoms with Crippen LogP contribution in [0.2, 0.25) is 0 Å². The first-order valence-corrected chi connectivity index (χ1v) is 5.97. The van der Waals surface area contributed by atoms with E-state index in [9.17, 15) is 18.4 Å². The van der Waals surface area contributed by atoms with Crippen LogP contribution in [0, 0.1) is 0 Å². The van der Waals surface area contributed by atoms with Gasteiger partial charge in [-0.05, 0) is 34.6 Å². The van der Waals surface area contributed by atoms with Crippen LogP contribution < -0.4 is 0 Å². The highest BCUT2D eigenvalue weighted by Gasteiger charge is 2.39. The molecule has 19 heavy (non-hydrogen) atoms. The fourth-order valence-electron chi connectivity index (χ4n) is 1.25. The number of amides is 1. The molecule has 0 aliphatic carbocycles. The zero-order chi connectivity index (χ0) is 15.4. The fraction of sp³-hybridized carbons (Fsp3) is 0.833. The van der Waals surface area contributed by atoms with Gasteiger partial charge >= 0.3 is 18.0 Å². The lowest BCUT2D eigenvalue weighted by Gasteiger charge is -2.30. The third kappa shape index (κ3) is 6.35. The largest absolute Gasteiger partial charge is 0.477 e. The van der Waals surface area contributed by atoms with E-state index >= 15 is 0 Å². The highest BCUT2D eigenvalue weighted by Crippen LogP contribution is 2.20. The van der Waals surface area contributed by atoms with Gasteiger partial charge < -0.3 is 14.7 Å². The Balaban J connectivity index is 4.69. The number of ether oxygens (including phenoxy) is 1. The number of hydrogen-bond donors (Lipinski definition) is 1. The predicted octanol–water partition coefficient (Wildman–Crippen LogP) is 2.74. The standard InChI is InChI=1S/C12H21F2NO4/c1-8(2)15(10(18)19-11(3,4)5)7-6-12(13,14)9(16)17/h8H,6-7H2,1-5H3,(H,16,17). The number of alkyl halides is 2. The van der Waals surface area contributed by atoms with Crippen molar-refractivity contribution in [3.63, 3.8) is 0 Å². The van der Waals surface area contributed by atoms with Gasteiger partial charge in [-0.25, -0.2) is 9.59 Å². The first-order valence-electron chi connectivity index (χ1n) is 5.97. The number of hydrogen-bond acceptors (Lipinski definition) is 3. The molecule has 0 atom stereocenters. The number of halogens is 2. The minimum Gasteiger partial charge on any atom is -0.477 e. The molecule has 112 valence electrons. The van der Waals surface area contributed by atoms with E-state index in [2.05, 4.69) is 0 Å². The summed E-state index contributed by atoms with van der Waals surface area (Å²) in [6.07, 6.45) is -1.68. The molecule has 5 nitrogen and oxygen atoms in total. The molecule has 0 aromatic rings. The molecular weight excluding hydrogens is 260 g/mol. The van der Waals surface area contributed by atoms with Crippen molar-refractivity contribution in [2.75, 3.05) is 6.54 Å². The van der Waals surface area contributed by atoms with Gasteiger partial charge in [-0.3, -0.25) is 0 Å². The Kier molecular flexibility index (Phi) is 5.71. The van der Waals surface area contributed by atoms with Gasteiger partial charge in [-0.1, -0.05) is 0 Å². The molecule has 0 aliphatic heterocycles. The maximum absolute atomic E-state index is 13.0. The second-order valence-corrected chi connectivity index (χ2v) is 5.53. The van der Waals surface area contributed by atoms with Crippen molar-refractivity contribution in [1.29, 1.82) is 0 Å². The Bertz CT molecular complexity index is 337. The predicted molar refractivity (Wildman–Crippen MR) is 65.3 cm³/mol. The number of carbonyl (C=O) groups excluding carboxylic acids is 1. The van der Waals surface area contributed by atoms with E-state index in [0.717, 1.165) is 4.90 Å². The number of nitrogens with zero attached hydrogens (tertiary/aromatic N) is 1. The van der Waals surface area contributed by atoms with Crippen molar-refractivity contribution >= 4 is 12.1 Å². The monoisotopic (exact) mass is 281 g/mol. The zero-order valence-electron chi connectivity index (χ0n) is 11.9. The summed E-state index contributed by atoms with van der Waals surface area (Å²) in [7, 11) is 0. The number of carboxylic acid groups (broad SMARTS) is 1. The van der Waals surface area contributed by atoms with E-state index in [4.69, 9.17) is 9.84 Å². The molecule has 1 amide bonds. The van der Waals surface area contributed by atoms with Crippen molar-refractivity contribution in [2.24, 2.45) is 0 Å². The van der Waals surface area contributed by atoms with E-state index in [1.165, 1.54) is 0 Å². The molecular formula is C12H21F2NO4. The number of aliphatic carboxylic acids is 1. The summed E-state index contributed by atoms with van der Waals surface area (Å²) >= 11 is 0. The molecule has 0 radical (unpaired) electrons. The third-order valence-corrected chi connectivity index (χ3v) is 2.23. The van der Waals surface area contributed by atoms with Gasteiger partial charge in [-0.2, -0.15) is 8.78 Å². The first kappa shape index (κ1) is 17.6. The summed E-state index contributed by atoms with van der Waals surface area (Å²) in [6, 6.07) is -0.362. The Hall–Kier alpha value is -1.40. The van der Waals surface area contributed by atoms with Crippen LogP contribution in [0.3, 0.4) is 0 Å². The van der Waals surface area contributed by atoms with Crippen molar-refractivity contribution < 1.29 is 28.2 Å². The molecule has 0 saturated heterocycles. The van der Waals surface area contributed by atoms with E-state index in [1.54, 1.807) is 34.6 Å². The van der Waals surface area contributed by atoms with Crippen molar-refractivity contribution in [3.05, 3.63) is 0 Å². The van der Waals surface area contributed by atoms with Crippen molar-refractivity contribution in [3.8, 4) is 0 Å². The number of rotatable bonds is 5. The Labute approximate surface area is 111 Å². The number of carboxylic acids is 1. The van der Waals surface area contributed by atoms with Crippen LogP contribution in [0.1, 0.15) is 41.0 Å². The maximum Gasteiger partial charge on any atom is 0.410 e. The highest BCUT2D eigenvalue weighted by molar-refractivity contribution is 5.75. The summed E-state index contributed by atoms with van der Waals surface area (Å²) in [5.74, 6) is -6.05. The quantitative estimate of drug-likeness (QED) is 0.841. The summed E-state index contributed by atoms with van der Waals surface area (Å²) in [5.41, 5.74) is -0.737. The van der Waals surface area contributed by atoms with Crippen molar-refractivity contribution in [1.82, 2.24) is 4.90 Å².